The fourth-order valence-electron chi connectivity index (χ4n) is 2.85. The van der Waals surface area contributed by atoms with Gasteiger partial charge in [-0.1, -0.05) is 41.4 Å². The van der Waals surface area contributed by atoms with E-state index < -0.39 is 0 Å². The summed E-state index contributed by atoms with van der Waals surface area (Å²) >= 11 is 12.0. The number of aromatic hydroxyl groups is 1. The lowest BCUT2D eigenvalue weighted by Crippen LogP contribution is -1.79. The van der Waals surface area contributed by atoms with Crippen molar-refractivity contribution in [1.29, 1.82) is 0 Å². The average Bonchev–Trinajstić information content (AvgIpc) is 3.09. The van der Waals surface area contributed by atoms with Gasteiger partial charge in [-0.3, -0.25) is 4.99 Å². The van der Waals surface area contributed by atoms with Crippen LogP contribution in [0.4, 0.5) is 5.69 Å². The minimum atomic E-state index is 0.0488. The number of allylic oxidation sites excluding steroid dienone is 1. The van der Waals surface area contributed by atoms with Crippen LogP contribution in [0.2, 0.25) is 10.0 Å². The molecule has 0 radical (unpaired) electrons. The number of hydrogen-bond acceptors (Lipinski definition) is 4. The second-order valence-electron chi connectivity index (χ2n) is 6.49. The Morgan fingerprint density at radius 3 is 2.69 bits per heavy atom. The van der Waals surface area contributed by atoms with Crippen LogP contribution >= 0.6 is 23.2 Å². The van der Waals surface area contributed by atoms with Crippen molar-refractivity contribution in [2.75, 3.05) is 0 Å². The molecule has 29 heavy (non-hydrogen) atoms. The highest BCUT2D eigenvalue weighted by Crippen LogP contribution is 2.34. The Morgan fingerprint density at radius 2 is 1.90 bits per heavy atom. The number of oxazole rings is 1. The highest BCUT2D eigenvalue weighted by molar-refractivity contribution is 6.35. The molecule has 0 saturated carbocycles. The Bertz CT molecular complexity index is 1260. The van der Waals surface area contributed by atoms with Gasteiger partial charge in [0.05, 0.1) is 11.3 Å². The zero-order chi connectivity index (χ0) is 20.4. The summed E-state index contributed by atoms with van der Waals surface area (Å²) in [6.07, 6.45) is 5.22. The summed E-state index contributed by atoms with van der Waals surface area (Å²) in [5, 5.41) is 11.6. The summed E-state index contributed by atoms with van der Waals surface area (Å²) in [7, 11) is 0. The quantitative estimate of drug-likeness (QED) is 0.352. The lowest BCUT2D eigenvalue weighted by atomic mass is 10.2. The lowest BCUT2D eigenvalue weighted by molar-refractivity contribution is 0.474. The van der Waals surface area contributed by atoms with Crippen molar-refractivity contribution < 1.29 is 9.52 Å². The van der Waals surface area contributed by atoms with Crippen LogP contribution in [-0.4, -0.2) is 16.3 Å². The molecule has 4 aromatic rings. The van der Waals surface area contributed by atoms with Gasteiger partial charge in [0.2, 0.25) is 5.89 Å². The Kier molecular flexibility index (Phi) is 5.38. The minimum Gasteiger partial charge on any atom is -0.507 e. The molecule has 0 atom stereocenters. The van der Waals surface area contributed by atoms with E-state index in [1.165, 1.54) is 0 Å². The molecule has 0 aliphatic rings. The van der Waals surface area contributed by atoms with Crippen molar-refractivity contribution in [1.82, 2.24) is 4.98 Å². The molecule has 6 heteroatoms. The van der Waals surface area contributed by atoms with Gasteiger partial charge in [0.1, 0.15) is 11.3 Å². The molecule has 144 valence electrons. The smallest absolute Gasteiger partial charge is 0.231 e. The van der Waals surface area contributed by atoms with Crippen molar-refractivity contribution in [3.8, 4) is 17.2 Å². The zero-order valence-electron chi connectivity index (χ0n) is 15.4. The molecule has 3 aromatic carbocycles. The lowest BCUT2D eigenvalue weighted by Gasteiger charge is -2.01. The Balaban J connectivity index is 1.53. The van der Waals surface area contributed by atoms with Crippen LogP contribution in [0.15, 0.2) is 70.1 Å². The summed E-state index contributed by atoms with van der Waals surface area (Å²) < 4.78 is 5.75. The Labute approximate surface area is 177 Å². The number of fused-ring (bicyclic) bond motifs is 1. The van der Waals surface area contributed by atoms with E-state index in [0.717, 1.165) is 16.6 Å². The molecule has 0 unspecified atom stereocenters. The van der Waals surface area contributed by atoms with Gasteiger partial charge >= 0.3 is 0 Å². The van der Waals surface area contributed by atoms with E-state index in [9.17, 15) is 5.11 Å². The highest BCUT2D eigenvalue weighted by atomic mass is 35.5. The third-order valence-corrected chi connectivity index (χ3v) is 4.87. The molecule has 0 bridgehead atoms. The maximum Gasteiger partial charge on any atom is 0.231 e. The first-order valence-electron chi connectivity index (χ1n) is 8.86. The average molecular weight is 423 g/mol. The number of hydrogen-bond donors (Lipinski definition) is 1. The van der Waals surface area contributed by atoms with Gasteiger partial charge in [0.15, 0.2) is 5.58 Å². The van der Waals surface area contributed by atoms with Crippen molar-refractivity contribution in [3.63, 3.8) is 0 Å². The predicted molar refractivity (Wildman–Crippen MR) is 119 cm³/mol. The van der Waals surface area contributed by atoms with Gasteiger partial charge in [-0.05, 0) is 60.5 Å². The summed E-state index contributed by atoms with van der Waals surface area (Å²) in [4.78, 5) is 8.79. The first-order valence-corrected chi connectivity index (χ1v) is 9.61. The normalized spacial score (nSPS) is 11.8. The zero-order valence-corrected chi connectivity index (χ0v) is 16.9. The third-order valence-electron chi connectivity index (χ3n) is 4.30. The van der Waals surface area contributed by atoms with Crippen LogP contribution in [0.25, 0.3) is 28.6 Å². The predicted octanol–water partition coefficient (Wildman–Crippen LogP) is 7.23. The van der Waals surface area contributed by atoms with E-state index in [1.807, 2.05) is 37.3 Å². The van der Waals surface area contributed by atoms with Crippen molar-refractivity contribution in [2.45, 2.75) is 6.92 Å². The van der Waals surface area contributed by atoms with Gasteiger partial charge in [0, 0.05) is 22.3 Å². The number of aryl methyl sites for hydroxylation is 1. The molecule has 1 aromatic heterocycles. The number of aromatic nitrogens is 1. The maximum atomic E-state index is 10.4. The molecule has 1 N–H and O–H groups in total. The van der Waals surface area contributed by atoms with Crippen molar-refractivity contribution >= 4 is 52.3 Å². The molecule has 1 heterocycles. The van der Waals surface area contributed by atoms with E-state index in [0.29, 0.717) is 32.8 Å². The van der Waals surface area contributed by atoms with Crippen molar-refractivity contribution in [3.05, 3.63) is 81.8 Å². The molecule has 0 aliphatic heterocycles. The maximum absolute atomic E-state index is 10.4. The molecule has 0 spiro atoms. The van der Waals surface area contributed by atoms with Crippen LogP contribution in [0.5, 0.6) is 5.75 Å². The van der Waals surface area contributed by atoms with Crippen LogP contribution in [0, 0.1) is 6.92 Å². The molecule has 4 nitrogen and oxygen atoms in total. The molecule has 0 aliphatic carbocycles. The van der Waals surface area contributed by atoms with Gasteiger partial charge in [-0.2, -0.15) is 0 Å². The highest BCUT2D eigenvalue weighted by Gasteiger charge is 2.12. The molecule has 0 amide bonds. The van der Waals surface area contributed by atoms with Crippen molar-refractivity contribution in [2.24, 2.45) is 4.99 Å². The standard InChI is InChI=1S/C23H16Cl2N2O2/c1-14-4-9-22-20(11-14)27-23(29-22)18-8-7-17(13-21(18)28)26-10-2-3-15-5-6-16(24)12-19(15)25/h2-13,28H,1H3/b3-2+,26-10?. The monoisotopic (exact) mass is 422 g/mol. The van der Waals surface area contributed by atoms with Crippen LogP contribution in [0.1, 0.15) is 11.1 Å². The van der Waals surface area contributed by atoms with Crippen LogP contribution in [-0.2, 0) is 0 Å². The van der Waals surface area contributed by atoms with E-state index in [-0.39, 0.29) is 5.75 Å². The van der Waals surface area contributed by atoms with Crippen LogP contribution < -0.4 is 0 Å². The number of phenols is 1. The summed E-state index contributed by atoms with van der Waals surface area (Å²) in [6, 6.07) is 16.1. The molecule has 0 fully saturated rings. The first-order chi connectivity index (χ1) is 14.0. The molecular formula is C23H16Cl2N2O2. The number of aliphatic imine (C=N–C) groups is 1. The number of rotatable bonds is 4. The number of benzene rings is 3. The SMILES string of the molecule is Cc1ccc2oc(-c3ccc(N=C/C=C/c4ccc(Cl)cc4Cl)cc3O)nc2c1. The number of phenolic OH excluding ortho intramolecular Hbond substituents is 1. The minimum absolute atomic E-state index is 0.0488. The van der Waals surface area contributed by atoms with E-state index in [4.69, 9.17) is 27.6 Å². The third kappa shape index (κ3) is 4.34. The Hall–Kier alpha value is -3.08. The van der Waals surface area contributed by atoms with E-state index in [2.05, 4.69) is 9.98 Å². The molecular weight excluding hydrogens is 407 g/mol. The number of nitrogens with zero attached hydrogens (tertiary/aromatic N) is 2. The summed E-state index contributed by atoms with van der Waals surface area (Å²) in [5.41, 5.74) is 4.49. The van der Waals surface area contributed by atoms with Gasteiger partial charge in [-0.15, -0.1) is 0 Å². The van der Waals surface area contributed by atoms with Gasteiger partial charge in [0.25, 0.3) is 0 Å². The van der Waals surface area contributed by atoms with E-state index >= 15 is 0 Å². The molecule has 4 rings (SSSR count). The first kappa shape index (κ1) is 19.2. The fourth-order valence-corrected chi connectivity index (χ4v) is 3.32. The Morgan fingerprint density at radius 1 is 1.03 bits per heavy atom. The second kappa shape index (κ2) is 8.11. The van der Waals surface area contributed by atoms with Crippen LogP contribution in [0.3, 0.4) is 0 Å². The number of halogens is 2. The molecule has 0 saturated heterocycles. The fraction of sp³-hybridized carbons (Fsp3) is 0.0435. The second-order valence-corrected chi connectivity index (χ2v) is 7.34. The van der Waals surface area contributed by atoms with Gasteiger partial charge in [-0.25, -0.2) is 4.98 Å². The topological polar surface area (TPSA) is 58.6 Å². The summed E-state index contributed by atoms with van der Waals surface area (Å²) in [5.74, 6) is 0.420. The van der Waals surface area contributed by atoms with E-state index in [1.54, 1.807) is 42.6 Å². The largest absolute Gasteiger partial charge is 0.507 e. The van der Waals surface area contributed by atoms with Gasteiger partial charge < -0.3 is 9.52 Å². The summed E-state index contributed by atoms with van der Waals surface area (Å²) in [6.45, 7) is 1.99.